The highest BCUT2D eigenvalue weighted by Crippen LogP contribution is 2.42. The zero-order chi connectivity index (χ0) is 29.3. The Morgan fingerprint density at radius 1 is 0.762 bits per heavy atom. The van der Waals surface area contributed by atoms with Gasteiger partial charge in [-0.2, -0.15) is 10.5 Å². The SMILES string of the molecule is N#C/C(=C/C1CC=C(c2cccs2)S1)C(=O)NCc1cccc(CNC(=O)/C(C#N)=C\C2CC=C(c3cccs3)S2)c1. The molecule has 0 bridgehead atoms. The topological polar surface area (TPSA) is 106 Å². The number of amides is 2. The maximum absolute atomic E-state index is 12.8. The highest BCUT2D eigenvalue weighted by atomic mass is 32.2. The molecule has 0 spiro atoms. The van der Waals surface area contributed by atoms with E-state index in [0.717, 1.165) is 24.0 Å². The van der Waals surface area contributed by atoms with Crippen molar-refractivity contribution in [1.29, 1.82) is 10.5 Å². The molecular formula is C32H26N4O2S4. The van der Waals surface area contributed by atoms with Crippen molar-refractivity contribution in [1.82, 2.24) is 10.6 Å². The molecule has 2 aromatic heterocycles. The van der Waals surface area contributed by atoms with Crippen LogP contribution in [0.15, 0.2) is 94.7 Å². The maximum atomic E-state index is 12.8. The second-order valence-electron chi connectivity index (χ2n) is 9.44. The van der Waals surface area contributed by atoms with Crippen molar-refractivity contribution < 1.29 is 9.59 Å². The van der Waals surface area contributed by atoms with Gasteiger partial charge >= 0.3 is 0 Å². The lowest BCUT2D eigenvalue weighted by atomic mass is 10.1. The monoisotopic (exact) mass is 626 g/mol. The van der Waals surface area contributed by atoms with E-state index < -0.39 is 11.8 Å². The lowest BCUT2D eigenvalue weighted by molar-refractivity contribution is -0.118. The molecule has 6 nitrogen and oxygen atoms in total. The Morgan fingerprint density at radius 2 is 1.24 bits per heavy atom. The van der Waals surface area contributed by atoms with Crippen molar-refractivity contribution >= 4 is 67.8 Å². The average molecular weight is 627 g/mol. The summed E-state index contributed by atoms with van der Waals surface area (Å²) in [6.07, 6.45) is 9.34. The second-order valence-corrected chi connectivity index (χ2v) is 13.9. The van der Waals surface area contributed by atoms with Gasteiger partial charge in [0, 0.05) is 43.2 Å². The van der Waals surface area contributed by atoms with E-state index in [4.69, 9.17) is 0 Å². The minimum Gasteiger partial charge on any atom is -0.347 e. The number of allylic oxidation sites excluding steroid dienone is 2. The van der Waals surface area contributed by atoms with Crippen LogP contribution in [-0.4, -0.2) is 22.3 Å². The molecule has 0 aliphatic carbocycles. The van der Waals surface area contributed by atoms with Crippen LogP contribution in [0.3, 0.4) is 0 Å². The molecule has 0 saturated carbocycles. The van der Waals surface area contributed by atoms with Crippen molar-refractivity contribution in [3.05, 3.63) is 116 Å². The molecule has 0 fully saturated rings. The van der Waals surface area contributed by atoms with Crippen molar-refractivity contribution in [3.8, 4) is 12.1 Å². The Hall–Kier alpha value is -3.80. The minimum absolute atomic E-state index is 0.0494. The van der Waals surface area contributed by atoms with Crippen LogP contribution < -0.4 is 10.6 Å². The average Bonchev–Trinajstić information content (AvgIpc) is 3.83. The second kappa shape index (κ2) is 14.4. The molecular weight excluding hydrogens is 601 g/mol. The third kappa shape index (κ3) is 7.72. The Bertz CT molecular complexity index is 1530. The quantitative estimate of drug-likeness (QED) is 0.185. The Kier molecular flexibility index (Phi) is 10.2. The first-order chi connectivity index (χ1) is 20.5. The van der Waals surface area contributed by atoms with Crippen LogP contribution in [0, 0.1) is 22.7 Å². The first kappa shape index (κ1) is 29.7. The summed E-state index contributed by atoms with van der Waals surface area (Å²) in [6, 6.07) is 19.7. The van der Waals surface area contributed by atoms with Crippen LogP contribution in [-0.2, 0) is 22.7 Å². The summed E-state index contributed by atoms with van der Waals surface area (Å²) in [4.78, 5) is 30.3. The molecule has 2 unspecified atom stereocenters. The van der Waals surface area contributed by atoms with Gasteiger partial charge in [0.25, 0.3) is 11.8 Å². The Balaban J connectivity index is 1.11. The van der Waals surface area contributed by atoms with E-state index in [1.807, 2.05) is 59.3 Å². The van der Waals surface area contributed by atoms with E-state index in [1.165, 1.54) is 19.6 Å². The summed E-state index contributed by atoms with van der Waals surface area (Å²) in [6.45, 7) is 0.496. The number of benzene rings is 1. The number of nitrogens with one attached hydrogen (secondary N) is 2. The molecule has 1 aromatic carbocycles. The zero-order valence-electron chi connectivity index (χ0n) is 22.4. The van der Waals surface area contributed by atoms with Crippen LogP contribution >= 0.6 is 46.2 Å². The van der Waals surface area contributed by atoms with Crippen molar-refractivity contribution in [3.63, 3.8) is 0 Å². The van der Waals surface area contributed by atoms with E-state index in [0.29, 0.717) is 0 Å². The standard InChI is InChI=1S/C32H26N4O2S4/c33-17-23(15-25-8-10-29(41-25)27-6-2-12-39-27)31(37)35-19-21-4-1-5-22(14-21)20-36-32(38)24(18-34)16-26-9-11-30(42-26)28-7-3-13-40-28/h1-7,10-16,25-26H,8-9,19-20H2,(H,35,37)(H,36,38)/b23-15-,24-16-. The third-order valence-corrected chi connectivity index (χ3v) is 11.1. The summed E-state index contributed by atoms with van der Waals surface area (Å²) >= 11 is 6.69. The first-order valence-corrected chi connectivity index (χ1v) is 16.7. The normalized spacial score (nSPS) is 18.5. The van der Waals surface area contributed by atoms with Crippen molar-refractivity contribution in [2.45, 2.75) is 36.4 Å². The zero-order valence-corrected chi connectivity index (χ0v) is 25.7. The number of carbonyl (C=O) groups excluding carboxylic acids is 2. The number of thiophene rings is 2. The van der Waals surface area contributed by atoms with Gasteiger partial charge in [-0.3, -0.25) is 9.59 Å². The van der Waals surface area contributed by atoms with Gasteiger partial charge in [-0.1, -0.05) is 48.6 Å². The predicted molar refractivity (Wildman–Crippen MR) is 174 cm³/mol. The molecule has 2 amide bonds. The summed E-state index contributed by atoms with van der Waals surface area (Å²) in [5, 5.41) is 29.1. The van der Waals surface area contributed by atoms with Gasteiger partial charge in [-0.25, -0.2) is 0 Å². The van der Waals surface area contributed by atoms with E-state index >= 15 is 0 Å². The van der Waals surface area contributed by atoms with Crippen LogP contribution in [0.5, 0.6) is 0 Å². The number of rotatable bonds is 10. The largest absolute Gasteiger partial charge is 0.347 e. The van der Waals surface area contributed by atoms with Crippen LogP contribution in [0.25, 0.3) is 9.81 Å². The van der Waals surface area contributed by atoms with Gasteiger partial charge < -0.3 is 10.6 Å². The van der Waals surface area contributed by atoms with E-state index in [1.54, 1.807) is 58.3 Å². The van der Waals surface area contributed by atoms with Gasteiger partial charge in [0.15, 0.2) is 0 Å². The van der Waals surface area contributed by atoms with Gasteiger partial charge in [-0.15, -0.1) is 46.2 Å². The molecule has 2 aliphatic heterocycles. The predicted octanol–water partition coefficient (Wildman–Crippen LogP) is 7.04. The van der Waals surface area contributed by atoms with Crippen LogP contribution in [0.1, 0.15) is 33.7 Å². The number of nitrogens with zero attached hydrogens (tertiary/aromatic N) is 2. The molecule has 210 valence electrons. The number of thioether (sulfide) groups is 2. The highest BCUT2D eigenvalue weighted by Gasteiger charge is 2.22. The van der Waals surface area contributed by atoms with Crippen LogP contribution in [0.2, 0.25) is 0 Å². The summed E-state index contributed by atoms with van der Waals surface area (Å²) in [5.41, 5.74) is 1.89. The molecule has 5 rings (SSSR count). The first-order valence-electron chi connectivity index (χ1n) is 13.2. The fourth-order valence-corrected chi connectivity index (χ4v) is 8.52. The van der Waals surface area contributed by atoms with Gasteiger partial charge in [0.05, 0.1) is 0 Å². The number of hydrogen-bond acceptors (Lipinski definition) is 8. The van der Waals surface area contributed by atoms with Gasteiger partial charge in [0.1, 0.15) is 23.3 Å². The Labute approximate surface area is 261 Å². The van der Waals surface area contributed by atoms with Gasteiger partial charge in [0.2, 0.25) is 0 Å². The van der Waals surface area contributed by atoms with Crippen LogP contribution in [0.4, 0.5) is 0 Å². The molecule has 3 aromatic rings. The third-order valence-electron chi connectivity index (χ3n) is 6.49. The molecule has 0 radical (unpaired) electrons. The molecule has 4 heterocycles. The van der Waals surface area contributed by atoms with Gasteiger partial charge in [-0.05, 0) is 59.0 Å². The fourth-order valence-electron chi connectivity index (χ4n) is 4.43. The number of carbonyl (C=O) groups is 2. The molecule has 2 atom stereocenters. The molecule has 42 heavy (non-hydrogen) atoms. The van der Waals surface area contributed by atoms with E-state index in [9.17, 15) is 20.1 Å². The maximum Gasteiger partial charge on any atom is 0.261 e. The lowest BCUT2D eigenvalue weighted by Crippen LogP contribution is -2.25. The summed E-state index contributed by atoms with van der Waals surface area (Å²) in [7, 11) is 0. The highest BCUT2D eigenvalue weighted by molar-refractivity contribution is 8.09. The van der Waals surface area contributed by atoms with E-state index in [2.05, 4.69) is 34.9 Å². The number of nitriles is 2. The van der Waals surface area contributed by atoms with E-state index in [-0.39, 0.29) is 34.7 Å². The minimum atomic E-state index is -0.410. The summed E-state index contributed by atoms with van der Waals surface area (Å²) < 4.78 is 0. The lowest BCUT2D eigenvalue weighted by Gasteiger charge is -2.10. The van der Waals surface area contributed by atoms with Crippen molar-refractivity contribution in [2.75, 3.05) is 0 Å². The summed E-state index contributed by atoms with van der Waals surface area (Å²) in [5.74, 6) is -0.821. The number of hydrogen-bond donors (Lipinski definition) is 2. The molecule has 10 heteroatoms. The van der Waals surface area contributed by atoms with Crippen molar-refractivity contribution in [2.24, 2.45) is 0 Å². The molecule has 2 N–H and O–H groups in total. The fraction of sp³-hybridized carbons (Fsp3) is 0.188. The molecule has 2 aliphatic rings. The smallest absolute Gasteiger partial charge is 0.261 e. The Morgan fingerprint density at radius 3 is 1.64 bits per heavy atom. The molecule has 0 saturated heterocycles.